The molecule has 1 heterocycles. The lowest BCUT2D eigenvalue weighted by atomic mass is 10.0. The Balaban J connectivity index is 2.23. The highest BCUT2D eigenvalue weighted by molar-refractivity contribution is 5.63. The molecule has 2 rings (SSSR count). The second kappa shape index (κ2) is 5.81. The molecule has 0 aliphatic rings. The largest absolute Gasteiger partial charge is 0.327 e. The van der Waals surface area contributed by atoms with Crippen molar-refractivity contribution in [3.05, 3.63) is 53.5 Å². The molecule has 0 aliphatic heterocycles. The summed E-state index contributed by atoms with van der Waals surface area (Å²) in [6.45, 7) is 6.21. The van der Waals surface area contributed by atoms with Crippen LogP contribution in [0.3, 0.4) is 0 Å². The molecule has 1 aromatic carbocycles. The molecule has 1 nitrogen and oxygen atoms in total. The van der Waals surface area contributed by atoms with Crippen LogP contribution in [0.25, 0.3) is 11.1 Å². The number of aryl methyl sites for hydroxylation is 3. The molecule has 1 heteroatoms. The second-order valence-electron chi connectivity index (χ2n) is 4.87. The maximum absolute atomic E-state index is 5.52. The summed E-state index contributed by atoms with van der Waals surface area (Å²) < 4.78 is 5.52. The fourth-order valence-electron chi connectivity index (χ4n) is 2.20. The lowest BCUT2D eigenvalue weighted by molar-refractivity contribution is 0.487. The zero-order valence-corrected chi connectivity index (χ0v) is 11.5. The third-order valence-electron chi connectivity index (χ3n) is 3.15. The van der Waals surface area contributed by atoms with Gasteiger partial charge in [-0.2, -0.15) is 0 Å². The van der Waals surface area contributed by atoms with Gasteiger partial charge in [-0.05, 0) is 29.5 Å². The maximum atomic E-state index is 5.52. The minimum Gasteiger partial charge on any atom is -0.218 e. The quantitative estimate of drug-likeness (QED) is 0.671. The van der Waals surface area contributed by atoms with E-state index in [2.05, 4.69) is 43.3 Å². The highest BCUT2D eigenvalue weighted by Gasteiger charge is 2.09. The Hall–Kier alpha value is -1.63. The molecular formula is C17H21O+. The first-order chi connectivity index (χ1) is 8.69. The van der Waals surface area contributed by atoms with Crippen molar-refractivity contribution in [2.24, 2.45) is 0 Å². The summed E-state index contributed by atoms with van der Waals surface area (Å²) in [5, 5.41) is 0. The Kier molecular flexibility index (Phi) is 4.14. The molecule has 0 N–H and O–H groups in total. The van der Waals surface area contributed by atoms with Crippen LogP contribution in [0.2, 0.25) is 0 Å². The van der Waals surface area contributed by atoms with Crippen LogP contribution in [-0.4, -0.2) is 0 Å². The van der Waals surface area contributed by atoms with Gasteiger partial charge in [0.05, 0.1) is 13.8 Å². The van der Waals surface area contributed by atoms with E-state index in [4.69, 9.17) is 4.42 Å². The molecule has 0 atom stereocenters. The van der Waals surface area contributed by atoms with Gasteiger partial charge in [0.1, 0.15) is 0 Å². The Morgan fingerprint density at radius 1 is 0.889 bits per heavy atom. The average molecular weight is 241 g/mol. The van der Waals surface area contributed by atoms with Gasteiger partial charge >= 0.3 is 11.5 Å². The molecule has 0 amide bonds. The Morgan fingerprint density at radius 3 is 2.06 bits per heavy atom. The van der Waals surface area contributed by atoms with Crippen LogP contribution in [0.1, 0.15) is 36.8 Å². The minimum absolute atomic E-state index is 0.958. The van der Waals surface area contributed by atoms with Crippen LogP contribution in [0, 0.1) is 13.8 Å². The molecular weight excluding hydrogens is 220 g/mol. The van der Waals surface area contributed by atoms with Crippen molar-refractivity contribution in [1.29, 1.82) is 0 Å². The fraction of sp³-hybridized carbons (Fsp3) is 0.353. The molecule has 0 aliphatic carbocycles. The first-order valence-corrected chi connectivity index (χ1v) is 6.69. The van der Waals surface area contributed by atoms with Gasteiger partial charge in [0.25, 0.3) is 0 Å². The number of hydrogen-bond acceptors (Lipinski definition) is 0. The first-order valence-electron chi connectivity index (χ1n) is 6.69. The molecule has 18 heavy (non-hydrogen) atoms. The lowest BCUT2D eigenvalue weighted by Crippen LogP contribution is -1.86. The predicted octanol–water partition coefficient (Wildman–Crippen LogP) is 5.19. The highest BCUT2D eigenvalue weighted by Crippen LogP contribution is 2.23. The van der Waals surface area contributed by atoms with E-state index >= 15 is 0 Å². The van der Waals surface area contributed by atoms with Crippen molar-refractivity contribution in [2.75, 3.05) is 0 Å². The van der Waals surface area contributed by atoms with Gasteiger partial charge in [-0.3, -0.25) is 0 Å². The summed E-state index contributed by atoms with van der Waals surface area (Å²) in [4.78, 5) is 0. The van der Waals surface area contributed by atoms with E-state index in [-0.39, 0.29) is 0 Å². The van der Waals surface area contributed by atoms with Crippen molar-refractivity contribution in [1.82, 2.24) is 0 Å². The van der Waals surface area contributed by atoms with E-state index in [0.717, 1.165) is 11.5 Å². The molecule has 2 aromatic rings. The SMILES string of the molecule is CCCCc1ccc(-c2cc(C)[o+]c(C)c2)cc1. The van der Waals surface area contributed by atoms with Gasteiger partial charge in [0.15, 0.2) is 0 Å². The Labute approximate surface area is 109 Å². The molecule has 0 spiro atoms. The molecule has 0 saturated carbocycles. The molecule has 0 saturated heterocycles. The van der Waals surface area contributed by atoms with E-state index in [1.165, 1.54) is 36.0 Å². The molecule has 0 fully saturated rings. The van der Waals surface area contributed by atoms with E-state index in [9.17, 15) is 0 Å². The van der Waals surface area contributed by atoms with E-state index in [0.29, 0.717) is 0 Å². The van der Waals surface area contributed by atoms with Crippen molar-refractivity contribution >= 4 is 0 Å². The number of rotatable bonds is 4. The van der Waals surface area contributed by atoms with Crippen LogP contribution in [0.5, 0.6) is 0 Å². The van der Waals surface area contributed by atoms with Gasteiger partial charge in [0.2, 0.25) is 0 Å². The molecule has 94 valence electrons. The van der Waals surface area contributed by atoms with Gasteiger partial charge in [0, 0.05) is 12.1 Å². The normalized spacial score (nSPS) is 10.6. The van der Waals surface area contributed by atoms with E-state index in [1.54, 1.807) is 0 Å². The van der Waals surface area contributed by atoms with Crippen molar-refractivity contribution < 1.29 is 4.42 Å². The standard InChI is InChI=1S/C17H21O/c1-4-5-6-15-7-9-16(10-8-15)17-11-13(2)18-14(3)12-17/h7-12H,4-6H2,1-3H3/q+1. The Bertz CT molecular complexity index is 491. The van der Waals surface area contributed by atoms with Crippen LogP contribution in [0.15, 0.2) is 40.8 Å². The summed E-state index contributed by atoms with van der Waals surface area (Å²) in [5.74, 6) is 1.92. The number of benzene rings is 1. The minimum atomic E-state index is 0.958. The lowest BCUT2D eigenvalue weighted by Gasteiger charge is -2.03. The molecule has 1 aromatic heterocycles. The average Bonchev–Trinajstić information content (AvgIpc) is 2.36. The van der Waals surface area contributed by atoms with Crippen LogP contribution < -0.4 is 0 Å². The van der Waals surface area contributed by atoms with Gasteiger partial charge in [-0.25, -0.2) is 4.42 Å². The van der Waals surface area contributed by atoms with E-state index < -0.39 is 0 Å². The zero-order valence-electron chi connectivity index (χ0n) is 11.5. The van der Waals surface area contributed by atoms with Crippen molar-refractivity contribution in [2.45, 2.75) is 40.0 Å². The van der Waals surface area contributed by atoms with Crippen LogP contribution in [0.4, 0.5) is 0 Å². The first kappa shape index (κ1) is 12.8. The molecule has 0 radical (unpaired) electrons. The van der Waals surface area contributed by atoms with Crippen molar-refractivity contribution in [3.63, 3.8) is 0 Å². The number of unbranched alkanes of at least 4 members (excludes halogenated alkanes) is 1. The maximum Gasteiger partial charge on any atom is 0.327 e. The van der Waals surface area contributed by atoms with Gasteiger partial charge < -0.3 is 0 Å². The Morgan fingerprint density at radius 2 is 1.50 bits per heavy atom. The van der Waals surface area contributed by atoms with Gasteiger partial charge in [-0.1, -0.05) is 37.6 Å². The highest BCUT2D eigenvalue weighted by atomic mass is 16.3. The third kappa shape index (κ3) is 3.19. The topological polar surface area (TPSA) is 11.3 Å². The predicted molar refractivity (Wildman–Crippen MR) is 76.6 cm³/mol. The fourth-order valence-corrected chi connectivity index (χ4v) is 2.20. The summed E-state index contributed by atoms with van der Waals surface area (Å²) in [6, 6.07) is 13.1. The summed E-state index contributed by atoms with van der Waals surface area (Å²) in [7, 11) is 0. The van der Waals surface area contributed by atoms with Crippen molar-refractivity contribution in [3.8, 4) is 11.1 Å². The number of hydrogen-bond donors (Lipinski definition) is 0. The summed E-state index contributed by atoms with van der Waals surface area (Å²) >= 11 is 0. The zero-order chi connectivity index (χ0) is 13.0. The molecule has 0 bridgehead atoms. The monoisotopic (exact) mass is 241 g/mol. The smallest absolute Gasteiger partial charge is 0.218 e. The third-order valence-corrected chi connectivity index (χ3v) is 3.15. The van der Waals surface area contributed by atoms with E-state index in [1.807, 2.05) is 13.8 Å². The summed E-state index contributed by atoms with van der Waals surface area (Å²) in [5.41, 5.74) is 3.92. The summed E-state index contributed by atoms with van der Waals surface area (Å²) in [6.07, 6.45) is 3.70. The van der Waals surface area contributed by atoms with Gasteiger partial charge in [-0.15, -0.1) is 0 Å². The molecule has 0 unspecified atom stereocenters. The second-order valence-corrected chi connectivity index (χ2v) is 4.87. The van der Waals surface area contributed by atoms with Crippen LogP contribution >= 0.6 is 0 Å². The van der Waals surface area contributed by atoms with Crippen LogP contribution in [-0.2, 0) is 6.42 Å².